The number of hydrogen-bond acceptors (Lipinski definition) is 5. The Labute approximate surface area is 119 Å². The standard InChI is InChI=1S/C13H20N2O4S/c1-18-8-9-19-12-2-4-13(5-3-12)20(16,17)15-7-6-11(14)10-15/h2-5,11H,6-10,14H2,1H3/t11-/m1/s1. The number of nitrogens with zero attached hydrogens (tertiary/aromatic N) is 1. The molecule has 2 N–H and O–H groups in total. The van der Waals surface area contributed by atoms with Crippen LogP contribution in [0.3, 0.4) is 0 Å². The predicted molar refractivity (Wildman–Crippen MR) is 75.2 cm³/mol. The lowest BCUT2D eigenvalue weighted by Crippen LogP contribution is -2.31. The van der Waals surface area contributed by atoms with Gasteiger partial charge < -0.3 is 15.2 Å². The van der Waals surface area contributed by atoms with Crippen LogP contribution in [0.15, 0.2) is 29.2 Å². The van der Waals surface area contributed by atoms with Crippen molar-refractivity contribution < 1.29 is 17.9 Å². The Balaban J connectivity index is 2.05. The molecule has 1 saturated heterocycles. The molecule has 2 rings (SSSR count). The van der Waals surface area contributed by atoms with E-state index < -0.39 is 10.0 Å². The molecule has 1 aliphatic heterocycles. The van der Waals surface area contributed by atoms with Crippen molar-refractivity contribution in [2.45, 2.75) is 17.4 Å². The molecular formula is C13H20N2O4S. The van der Waals surface area contributed by atoms with Crippen molar-refractivity contribution in [1.29, 1.82) is 0 Å². The Morgan fingerprint density at radius 2 is 2.00 bits per heavy atom. The van der Waals surface area contributed by atoms with Gasteiger partial charge in [-0.2, -0.15) is 4.31 Å². The number of hydrogen-bond donors (Lipinski definition) is 1. The van der Waals surface area contributed by atoms with Gasteiger partial charge in [-0.1, -0.05) is 0 Å². The first kappa shape index (κ1) is 15.2. The van der Waals surface area contributed by atoms with Gasteiger partial charge in [0.15, 0.2) is 0 Å². The SMILES string of the molecule is COCCOc1ccc(S(=O)(=O)N2CC[C@@H](N)C2)cc1. The summed E-state index contributed by atoms with van der Waals surface area (Å²) in [6, 6.07) is 6.35. The summed E-state index contributed by atoms with van der Waals surface area (Å²) >= 11 is 0. The summed E-state index contributed by atoms with van der Waals surface area (Å²) in [5, 5.41) is 0. The molecule has 1 aromatic rings. The van der Waals surface area contributed by atoms with Gasteiger partial charge in [-0.15, -0.1) is 0 Å². The summed E-state index contributed by atoms with van der Waals surface area (Å²) in [5.41, 5.74) is 5.75. The second-order valence-corrected chi connectivity index (χ2v) is 6.66. The number of benzene rings is 1. The summed E-state index contributed by atoms with van der Waals surface area (Å²) < 4.78 is 36.4. The van der Waals surface area contributed by atoms with Crippen LogP contribution in [0.4, 0.5) is 0 Å². The minimum atomic E-state index is -3.44. The topological polar surface area (TPSA) is 81.9 Å². The fraction of sp³-hybridized carbons (Fsp3) is 0.538. The third kappa shape index (κ3) is 3.49. The average Bonchev–Trinajstić information content (AvgIpc) is 2.87. The Morgan fingerprint density at radius 1 is 1.30 bits per heavy atom. The molecule has 0 aliphatic carbocycles. The molecule has 0 unspecified atom stereocenters. The maximum Gasteiger partial charge on any atom is 0.243 e. The maximum atomic E-state index is 12.4. The zero-order chi connectivity index (χ0) is 14.6. The monoisotopic (exact) mass is 300 g/mol. The Kier molecular flexibility index (Phi) is 4.98. The zero-order valence-corrected chi connectivity index (χ0v) is 12.3. The van der Waals surface area contributed by atoms with Crippen molar-refractivity contribution >= 4 is 10.0 Å². The van der Waals surface area contributed by atoms with E-state index in [2.05, 4.69) is 0 Å². The Morgan fingerprint density at radius 3 is 2.55 bits per heavy atom. The number of methoxy groups -OCH3 is 1. The lowest BCUT2D eigenvalue weighted by molar-refractivity contribution is 0.146. The summed E-state index contributed by atoms with van der Waals surface area (Å²) in [6.07, 6.45) is 0.706. The van der Waals surface area contributed by atoms with Crippen LogP contribution in [-0.2, 0) is 14.8 Å². The van der Waals surface area contributed by atoms with Crippen LogP contribution in [0, 0.1) is 0 Å². The van der Waals surface area contributed by atoms with Crippen LogP contribution in [0.5, 0.6) is 5.75 Å². The molecule has 0 aromatic heterocycles. The van der Waals surface area contributed by atoms with E-state index in [1.165, 1.54) is 4.31 Å². The first-order chi connectivity index (χ1) is 9.54. The van der Waals surface area contributed by atoms with E-state index in [0.717, 1.165) is 0 Å². The van der Waals surface area contributed by atoms with E-state index in [0.29, 0.717) is 38.5 Å². The number of nitrogens with two attached hydrogens (primary N) is 1. The third-order valence-corrected chi connectivity index (χ3v) is 5.08. The summed E-state index contributed by atoms with van der Waals surface area (Å²) in [5.74, 6) is 0.624. The minimum absolute atomic E-state index is 0.0681. The van der Waals surface area contributed by atoms with Crippen LogP contribution in [0.1, 0.15) is 6.42 Å². The van der Waals surface area contributed by atoms with Gasteiger partial charge in [0.05, 0.1) is 11.5 Å². The molecule has 7 heteroatoms. The number of ether oxygens (including phenoxy) is 2. The third-order valence-electron chi connectivity index (χ3n) is 3.21. The van der Waals surface area contributed by atoms with Crippen molar-refractivity contribution in [3.05, 3.63) is 24.3 Å². The zero-order valence-electron chi connectivity index (χ0n) is 11.5. The minimum Gasteiger partial charge on any atom is -0.491 e. The van der Waals surface area contributed by atoms with E-state index in [1.54, 1.807) is 31.4 Å². The van der Waals surface area contributed by atoms with E-state index in [1.807, 2.05) is 0 Å². The second-order valence-electron chi connectivity index (χ2n) is 4.72. The highest BCUT2D eigenvalue weighted by atomic mass is 32.2. The molecule has 0 bridgehead atoms. The van der Waals surface area contributed by atoms with Crippen LogP contribution in [0.2, 0.25) is 0 Å². The van der Waals surface area contributed by atoms with Gasteiger partial charge in [-0.25, -0.2) is 8.42 Å². The van der Waals surface area contributed by atoms with Gasteiger partial charge in [-0.3, -0.25) is 0 Å². The normalized spacial score (nSPS) is 20.2. The first-order valence-electron chi connectivity index (χ1n) is 6.51. The van der Waals surface area contributed by atoms with Crippen LogP contribution in [0.25, 0.3) is 0 Å². The van der Waals surface area contributed by atoms with Crippen LogP contribution < -0.4 is 10.5 Å². The van der Waals surface area contributed by atoms with Gasteiger partial charge in [0.1, 0.15) is 12.4 Å². The number of rotatable bonds is 6. The molecule has 20 heavy (non-hydrogen) atoms. The molecule has 1 heterocycles. The van der Waals surface area contributed by atoms with Crippen molar-refractivity contribution in [2.24, 2.45) is 5.73 Å². The van der Waals surface area contributed by atoms with E-state index in [9.17, 15) is 8.42 Å². The molecule has 112 valence electrons. The van der Waals surface area contributed by atoms with Gasteiger partial charge >= 0.3 is 0 Å². The Hall–Kier alpha value is -1.15. The Bertz CT molecular complexity index is 530. The van der Waals surface area contributed by atoms with Crippen molar-refractivity contribution in [3.8, 4) is 5.75 Å². The fourth-order valence-corrected chi connectivity index (χ4v) is 3.58. The largest absolute Gasteiger partial charge is 0.491 e. The van der Waals surface area contributed by atoms with Gasteiger partial charge in [0.2, 0.25) is 10.0 Å². The molecule has 0 saturated carbocycles. The van der Waals surface area contributed by atoms with Crippen LogP contribution >= 0.6 is 0 Å². The van der Waals surface area contributed by atoms with E-state index >= 15 is 0 Å². The summed E-state index contributed by atoms with van der Waals surface area (Å²) in [4.78, 5) is 0.269. The van der Waals surface area contributed by atoms with Gasteiger partial charge in [-0.05, 0) is 30.7 Å². The smallest absolute Gasteiger partial charge is 0.243 e. The second kappa shape index (κ2) is 6.53. The van der Waals surface area contributed by atoms with Crippen molar-refractivity contribution in [2.75, 3.05) is 33.4 Å². The van der Waals surface area contributed by atoms with Gasteiger partial charge in [0, 0.05) is 26.2 Å². The lowest BCUT2D eigenvalue weighted by atomic mass is 10.3. The highest BCUT2D eigenvalue weighted by Crippen LogP contribution is 2.22. The molecule has 1 aromatic carbocycles. The van der Waals surface area contributed by atoms with Crippen molar-refractivity contribution in [3.63, 3.8) is 0 Å². The van der Waals surface area contributed by atoms with Crippen molar-refractivity contribution in [1.82, 2.24) is 4.31 Å². The quantitative estimate of drug-likeness (QED) is 0.771. The highest BCUT2D eigenvalue weighted by Gasteiger charge is 2.30. The first-order valence-corrected chi connectivity index (χ1v) is 7.95. The maximum absolute atomic E-state index is 12.4. The molecule has 0 spiro atoms. The predicted octanol–water partition coefficient (Wildman–Crippen LogP) is 0.434. The molecule has 6 nitrogen and oxygen atoms in total. The van der Waals surface area contributed by atoms with E-state index in [4.69, 9.17) is 15.2 Å². The number of sulfonamides is 1. The van der Waals surface area contributed by atoms with E-state index in [-0.39, 0.29) is 10.9 Å². The fourth-order valence-electron chi connectivity index (χ4n) is 2.07. The lowest BCUT2D eigenvalue weighted by Gasteiger charge is -2.16. The highest BCUT2D eigenvalue weighted by molar-refractivity contribution is 7.89. The molecule has 1 fully saturated rings. The molecular weight excluding hydrogens is 280 g/mol. The molecule has 1 atom stereocenters. The molecule has 0 radical (unpaired) electrons. The summed E-state index contributed by atoms with van der Waals surface area (Å²) in [7, 11) is -1.84. The molecule has 1 aliphatic rings. The average molecular weight is 300 g/mol. The summed E-state index contributed by atoms with van der Waals surface area (Å²) in [6.45, 7) is 1.79. The molecule has 0 amide bonds. The van der Waals surface area contributed by atoms with Crippen LogP contribution in [-0.4, -0.2) is 52.2 Å². The van der Waals surface area contributed by atoms with Gasteiger partial charge in [0.25, 0.3) is 0 Å².